The number of likely N-dealkylation sites (N-methyl/N-ethyl adjacent to an activating group) is 1. The molecule has 1 aromatic carbocycles. The second-order valence-corrected chi connectivity index (χ2v) is 14.3. The van der Waals surface area contributed by atoms with Crippen molar-refractivity contribution in [2.45, 2.75) is 122 Å². The van der Waals surface area contributed by atoms with Crippen molar-refractivity contribution in [3.63, 3.8) is 0 Å². The maximum Gasteiger partial charge on any atom is 0.315 e. The predicted molar refractivity (Wildman–Crippen MR) is 178 cm³/mol. The van der Waals surface area contributed by atoms with Gasteiger partial charge < -0.3 is 33.8 Å². The molecular formula is C34H64N3O6P. The van der Waals surface area contributed by atoms with Crippen molar-refractivity contribution in [3.8, 4) is 0 Å². The van der Waals surface area contributed by atoms with E-state index in [1.165, 1.54) is 89.9 Å². The highest BCUT2D eigenvalue weighted by molar-refractivity contribution is 7.45. The van der Waals surface area contributed by atoms with Crippen LogP contribution in [0.2, 0.25) is 0 Å². The number of hydrogen-bond donors (Lipinski definition) is 2. The molecule has 0 spiro atoms. The molecule has 0 radical (unpaired) electrons. The Labute approximate surface area is 269 Å². The SMILES string of the molecule is CCCCCCCCCCCCCCCCCCOCC(CNC(=O)NCc1ccccc1)OP(=O)([O-])OCC[N+](C)(C)C. The first kappa shape index (κ1) is 40.5. The van der Waals surface area contributed by atoms with Crippen LogP contribution in [0.25, 0.3) is 0 Å². The number of hydrogen-bond acceptors (Lipinski definition) is 6. The first-order valence-electron chi connectivity index (χ1n) is 17.2. The highest BCUT2D eigenvalue weighted by Crippen LogP contribution is 2.39. The van der Waals surface area contributed by atoms with Crippen LogP contribution >= 0.6 is 7.82 Å². The minimum absolute atomic E-state index is 0.0159. The van der Waals surface area contributed by atoms with E-state index in [0.29, 0.717) is 24.2 Å². The monoisotopic (exact) mass is 641 g/mol. The van der Waals surface area contributed by atoms with Gasteiger partial charge in [-0.3, -0.25) is 4.57 Å². The average molecular weight is 642 g/mol. The molecule has 9 nitrogen and oxygen atoms in total. The van der Waals surface area contributed by atoms with Crippen molar-refractivity contribution in [2.24, 2.45) is 0 Å². The van der Waals surface area contributed by atoms with Gasteiger partial charge in [-0.15, -0.1) is 0 Å². The molecule has 10 heteroatoms. The molecule has 0 heterocycles. The first-order valence-corrected chi connectivity index (χ1v) is 18.6. The number of carbonyl (C=O) groups excluding carboxylic acids is 1. The van der Waals surface area contributed by atoms with Gasteiger partial charge in [-0.25, -0.2) is 4.79 Å². The van der Waals surface area contributed by atoms with Crippen LogP contribution in [-0.4, -0.2) is 70.7 Å². The lowest BCUT2D eigenvalue weighted by molar-refractivity contribution is -0.870. The zero-order chi connectivity index (χ0) is 32.4. The Bertz CT molecular complexity index is 868. The lowest BCUT2D eigenvalue weighted by atomic mass is 10.0. The molecule has 0 aromatic heterocycles. The summed E-state index contributed by atoms with van der Waals surface area (Å²) < 4.78 is 29.2. The van der Waals surface area contributed by atoms with Crippen LogP contribution in [0.15, 0.2) is 30.3 Å². The highest BCUT2D eigenvalue weighted by Gasteiger charge is 2.21. The number of nitrogens with zero attached hydrogens (tertiary/aromatic N) is 1. The van der Waals surface area contributed by atoms with Crippen LogP contribution in [0.3, 0.4) is 0 Å². The molecule has 0 fully saturated rings. The van der Waals surface area contributed by atoms with Crippen LogP contribution in [0.1, 0.15) is 115 Å². The maximum absolute atomic E-state index is 12.5. The third-order valence-electron chi connectivity index (χ3n) is 7.52. The second kappa shape index (κ2) is 25.7. The number of amides is 2. The average Bonchev–Trinajstić information content (AvgIpc) is 2.97. The fraction of sp³-hybridized carbons (Fsp3) is 0.794. The molecule has 256 valence electrons. The number of unbranched alkanes of at least 4 members (excludes halogenated alkanes) is 15. The summed E-state index contributed by atoms with van der Waals surface area (Å²) in [5, 5.41) is 5.46. The van der Waals surface area contributed by atoms with Gasteiger partial charge in [0.05, 0.1) is 27.7 Å². The Hall–Kier alpha value is -1.48. The van der Waals surface area contributed by atoms with Crippen molar-refractivity contribution >= 4 is 13.9 Å². The lowest BCUT2D eigenvalue weighted by Crippen LogP contribution is -2.42. The number of benzene rings is 1. The Kier molecular flexibility index (Phi) is 23.7. The molecule has 0 aliphatic rings. The number of ether oxygens (including phenoxy) is 1. The zero-order valence-electron chi connectivity index (χ0n) is 28.4. The van der Waals surface area contributed by atoms with E-state index in [1.807, 2.05) is 51.5 Å². The Morgan fingerprint density at radius 2 is 1.32 bits per heavy atom. The zero-order valence-corrected chi connectivity index (χ0v) is 29.3. The molecule has 0 saturated carbocycles. The molecule has 0 aliphatic heterocycles. The van der Waals surface area contributed by atoms with Crippen LogP contribution in [-0.2, 0) is 24.9 Å². The summed E-state index contributed by atoms with van der Waals surface area (Å²) in [6.07, 6.45) is 20.0. The normalized spacial score (nSPS) is 13.8. The largest absolute Gasteiger partial charge is 0.756 e. The van der Waals surface area contributed by atoms with Gasteiger partial charge in [0.15, 0.2) is 0 Å². The van der Waals surface area contributed by atoms with E-state index in [2.05, 4.69) is 17.6 Å². The highest BCUT2D eigenvalue weighted by atomic mass is 31.2. The van der Waals surface area contributed by atoms with Gasteiger partial charge in [-0.05, 0) is 12.0 Å². The Morgan fingerprint density at radius 1 is 0.795 bits per heavy atom. The Balaban J connectivity index is 2.22. The van der Waals surface area contributed by atoms with Crippen LogP contribution < -0.4 is 15.5 Å². The van der Waals surface area contributed by atoms with Gasteiger partial charge in [0.25, 0.3) is 7.82 Å². The van der Waals surface area contributed by atoms with E-state index in [1.54, 1.807) is 0 Å². The number of carbonyl (C=O) groups is 1. The number of quaternary nitrogens is 1. The van der Waals surface area contributed by atoms with E-state index in [-0.39, 0.29) is 19.8 Å². The van der Waals surface area contributed by atoms with E-state index in [0.717, 1.165) is 18.4 Å². The summed E-state index contributed by atoms with van der Waals surface area (Å²) in [6, 6.07) is 9.14. The molecule has 1 rings (SSSR count). The van der Waals surface area contributed by atoms with Gasteiger partial charge in [-0.2, -0.15) is 0 Å². The van der Waals surface area contributed by atoms with Crippen molar-refractivity contribution in [1.82, 2.24) is 10.6 Å². The van der Waals surface area contributed by atoms with Crippen LogP contribution in [0.4, 0.5) is 4.79 Å². The Morgan fingerprint density at radius 3 is 1.84 bits per heavy atom. The molecule has 0 aliphatic carbocycles. The number of urea groups is 1. The van der Waals surface area contributed by atoms with E-state index in [9.17, 15) is 14.3 Å². The summed E-state index contributed by atoms with van der Waals surface area (Å²) in [6.45, 7) is 3.70. The van der Waals surface area contributed by atoms with Crippen LogP contribution in [0.5, 0.6) is 0 Å². The van der Waals surface area contributed by atoms with Gasteiger partial charge >= 0.3 is 6.03 Å². The second-order valence-electron chi connectivity index (χ2n) is 12.9. The number of rotatable bonds is 29. The summed E-state index contributed by atoms with van der Waals surface area (Å²) >= 11 is 0. The standard InChI is InChI=1S/C34H64N3O6P/c1-5-6-7-8-9-10-11-12-13-14-15-16-17-18-19-23-27-41-31-33(43-44(39,40)42-28-26-37(2,3)4)30-36-34(38)35-29-32-24-21-20-22-25-32/h20-22,24-25,33H,5-19,23,26-31H2,1-4H3,(H2-,35,36,38,39,40). The summed E-state index contributed by atoms with van der Waals surface area (Å²) in [4.78, 5) is 24.8. The summed E-state index contributed by atoms with van der Waals surface area (Å²) in [7, 11) is 1.29. The first-order chi connectivity index (χ1) is 21.1. The van der Waals surface area contributed by atoms with E-state index in [4.69, 9.17) is 13.8 Å². The minimum Gasteiger partial charge on any atom is -0.756 e. The van der Waals surface area contributed by atoms with Gasteiger partial charge in [0.1, 0.15) is 19.3 Å². The molecule has 0 bridgehead atoms. The van der Waals surface area contributed by atoms with E-state index >= 15 is 0 Å². The smallest absolute Gasteiger partial charge is 0.315 e. The molecular weight excluding hydrogens is 577 g/mol. The molecule has 1 aromatic rings. The van der Waals surface area contributed by atoms with Gasteiger partial charge in [0.2, 0.25) is 0 Å². The number of phosphoric ester groups is 1. The van der Waals surface area contributed by atoms with Crippen molar-refractivity contribution in [1.29, 1.82) is 0 Å². The summed E-state index contributed by atoms with van der Waals surface area (Å²) in [5.74, 6) is 0. The fourth-order valence-corrected chi connectivity index (χ4v) is 5.65. The number of nitrogens with one attached hydrogen (secondary N) is 2. The van der Waals surface area contributed by atoms with E-state index < -0.39 is 20.0 Å². The van der Waals surface area contributed by atoms with Gasteiger partial charge in [-0.1, -0.05) is 134 Å². The third kappa shape index (κ3) is 25.8. The predicted octanol–water partition coefficient (Wildman–Crippen LogP) is 7.34. The topological polar surface area (TPSA) is 109 Å². The molecule has 2 amide bonds. The molecule has 2 N–H and O–H groups in total. The van der Waals surface area contributed by atoms with Crippen molar-refractivity contribution in [2.75, 3.05) is 54.1 Å². The molecule has 2 unspecified atom stereocenters. The third-order valence-corrected chi connectivity index (χ3v) is 8.58. The van der Waals surface area contributed by atoms with Crippen molar-refractivity contribution in [3.05, 3.63) is 35.9 Å². The summed E-state index contributed by atoms with van der Waals surface area (Å²) in [5.41, 5.74) is 0.965. The fourth-order valence-electron chi connectivity index (χ4n) is 4.78. The van der Waals surface area contributed by atoms with Crippen molar-refractivity contribution < 1.29 is 32.5 Å². The molecule has 0 saturated heterocycles. The minimum atomic E-state index is -4.56. The maximum atomic E-state index is 12.5. The molecule has 2 atom stereocenters. The lowest BCUT2D eigenvalue weighted by Gasteiger charge is -2.30. The van der Waals surface area contributed by atoms with Gasteiger partial charge in [0, 0.05) is 19.7 Å². The molecule has 44 heavy (non-hydrogen) atoms. The van der Waals surface area contributed by atoms with Crippen LogP contribution in [0, 0.1) is 0 Å². The number of phosphoric acid groups is 1. The quantitative estimate of drug-likeness (QED) is 0.0538.